The molecule has 35 heavy (non-hydrogen) atoms. The maximum Gasteiger partial charge on any atom is 0.104 e. The summed E-state index contributed by atoms with van der Waals surface area (Å²) in [6.45, 7) is 7.72. The molecule has 5 nitrogen and oxygen atoms in total. The third-order valence-corrected chi connectivity index (χ3v) is 7.37. The number of aryl methyl sites for hydroxylation is 1. The molecular weight excluding hydrogens is 434 g/mol. The van der Waals surface area contributed by atoms with Crippen LogP contribution in [0.1, 0.15) is 62.9 Å². The van der Waals surface area contributed by atoms with Gasteiger partial charge in [-0.15, -0.1) is 0 Å². The van der Waals surface area contributed by atoms with Gasteiger partial charge in [-0.2, -0.15) is 0 Å². The van der Waals surface area contributed by atoms with E-state index in [1.165, 1.54) is 16.5 Å². The number of para-hydroxylation sites is 1. The largest absolute Gasteiger partial charge is 0.386 e. The number of aliphatic hydroxyl groups is 2. The number of hydrogen-bond acceptors (Lipinski definition) is 4. The van der Waals surface area contributed by atoms with Crippen LogP contribution in [0, 0.1) is 5.92 Å². The lowest BCUT2D eigenvalue weighted by molar-refractivity contribution is 0.0553. The van der Waals surface area contributed by atoms with Gasteiger partial charge in [0.05, 0.1) is 16.8 Å². The smallest absolute Gasteiger partial charge is 0.104 e. The highest BCUT2D eigenvalue weighted by Gasteiger charge is 2.35. The Morgan fingerprint density at radius 1 is 1.26 bits per heavy atom. The number of nitrogens with zero attached hydrogens (tertiary/aromatic N) is 1. The number of aromatic amines is 1. The van der Waals surface area contributed by atoms with Crippen molar-refractivity contribution in [1.29, 1.82) is 0 Å². The van der Waals surface area contributed by atoms with Crippen LogP contribution in [-0.2, 0) is 24.0 Å². The fourth-order valence-electron chi connectivity index (χ4n) is 5.39. The van der Waals surface area contributed by atoms with Crippen LogP contribution in [0.3, 0.4) is 0 Å². The number of rotatable bonds is 6. The SMILES string of the molecule is CC1C=C(Nc2ccnc3c2CCC3(C)O)C=CC1=CCCc1c[nH]c2c(C(C)(C)O)cccc12. The lowest BCUT2D eigenvalue weighted by Crippen LogP contribution is -2.18. The monoisotopic (exact) mass is 469 g/mol. The van der Waals surface area contributed by atoms with Gasteiger partial charge in [0.15, 0.2) is 0 Å². The summed E-state index contributed by atoms with van der Waals surface area (Å²) in [7, 11) is 0. The minimum Gasteiger partial charge on any atom is -0.386 e. The van der Waals surface area contributed by atoms with E-state index in [1.54, 1.807) is 6.20 Å². The molecule has 2 aliphatic rings. The van der Waals surface area contributed by atoms with Crippen LogP contribution in [0.4, 0.5) is 5.69 Å². The van der Waals surface area contributed by atoms with E-state index in [-0.39, 0.29) is 0 Å². The molecule has 2 aliphatic carbocycles. The Labute approximate surface area is 207 Å². The van der Waals surface area contributed by atoms with Crippen molar-refractivity contribution in [2.75, 3.05) is 5.32 Å². The molecule has 2 aromatic heterocycles. The first-order valence-corrected chi connectivity index (χ1v) is 12.5. The molecule has 0 saturated heterocycles. The number of H-pyrrole nitrogens is 1. The van der Waals surface area contributed by atoms with Gasteiger partial charge in [0.1, 0.15) is 5.60 Å². The van der Waals surface area contributed by atoms with Gasteiger partial charge in [-0.25, -0.2) is 0 Å². The van der Waals surface area contributed by atoms with Crippen molar-refractivity contribution in [2.24, 2.45) is 5.92 Å². The number of pyridine rings is 1. The van der Waals surface area contributed by atoms with Crippen LogP contribution < -0.4 is 5.32 Å². The normalized spacial score (nSPS) is 23.1. The third kappa shape index (κ3) is 4.58. The summed E-state index contributed by atoms with van der Waals surface area (Å²) in [6.07, 6.45) is 16.2. The maximum absolute atomic E-state index is 10.6. The lowest BCUT2D eigenvalue weighted by atomic mass is 9.92. The minimum atomic E-state index is -0.877. The van der Waals surface area contributed by atoms with Crippen molar-refractivity contribution < 1.29 is 10.2 Å². The lowest BCUT2D eigenvalue weighted by Gasteiger charge is -2.20. The van der Waals surface area contributed by atoms with Crippen LogP contribution in [-0.4, -0.2) is 20.2 Å². The van der Waals surface area contributed by atoms with Gasteiger partial charge in [-0.1, -0.05) is 43.4 Å². The fourth-order valence-corrected chi connectivity index (χ4v) is 5.39. The topological polar surface area (TPSA) is 81.2 Å². The number of nitrogens with one attached hydrogen (secondary N) is 2. The number of benzene rings is 1. The van der Waals surface area contributed by atoms with E-state index in [0.29, 0.717) is 12.3 Å². The number of fused-ring (bicyclic) bond motifs is 2. The van der Waals surface area contributed by atoms with Crippen molar-refractivity contribution in [2.45, 2.75) is 64.6 Å². The zero-order valence-electron chi connectivity index (χ0n) is 21.0. The Morgan fingerprint density at radius 3 is 2.86 bits per heavy atom. The van der Waals surface area contributed by atoms with Crippen molar-refractivity contribution in [3.8, 4) is 0 Å². The number of aromatic nitrogens is 2. The van der Waals surface area contributed by atoms with E-state index >= 15 is 0 Å². The molecule has 0 saturated carbocycles. The van der Waals surface area contributed by atoms with Gasteiger partial charge in [-0.3, -0.25) is 4.98 Å². The molecule has 2 unspecified atom stereocenters. The molecule has 182 valence electrons. The summed E-state index contributed by atoms with van der Waals surface area (Å²) in [5.74, 6) is 0.310. The van der Waals surface area contributed by atoms with E-state index in [2.05, 4.69) is 58.8 Å². The first-order chi connectivity index (χ1) is 16.6. The van der Waals surface area contributed by atoms with Crippen molar-refractivity contribution in [3.05, 3.63) is 94.6 Å². The molecule has 3 aromatic rings. The van der Waals surface area contributed by atoms with Gasteiger partial charge < -0.3 is 20.5 Å². The molecule has 0 aliphatic heterocycles. The Bertz CT molecular complexity index is 1350. The van der Waals surface area contributed by atoms with E-state index in [9.17, 15) is 10.2 Å². The second-order valence-corrected chi connectivity index (χ2v) is 10.7. The molecule has 2 heterocycles. The summed E-state index contributed by atoms with van der Waals surface area (Å²) in [4.78, 5) is 7.81. The summed E-state index contributed by atoms with van der Waals surface area (Å²) < 4.78 is 0. The average Bonchev–Trinajstić information content (AvgIpc) is 3.35. The highest BCUT2D eigenvalue weighted by molar-refractivity contribution is 5.86. The Morgan fingerprint density at radius 2 is 2.09 bits per heavy atom. The second kappa shape index (κ2) is 8.81. The molecule has 0 bridgehead atoms. The van der Waals surface area contributed by atoms with Gasteiger partial charge in [0.2, 0.25) is 0 Å². The average molecular weight is 470 g/mol. The van der Waals surface area contributed by atoms with Crippen LogP contribution >= 0.6 is 0 Å². The van der Waals surface area contributed by atoms with Crippen LogP contribution in [0.5, 0.6) is 0 Å². The zero-order valence-corrected chi connectivity index (χ0v) is 21.0. The van der Waals surface area contributed by atoms with Gasteiger partial charge in [0.25, 0.3) is 0 Å². The van der Waals surface area contributed by atoms with Crippen molar-refractivity contribution >= 4 is 16.6 Å². The molecule has 4 N–H and O–H groups in total. The Kier molecular flexibility index (Phi) is 5.94. The first kappa shape index (κ1) is 23.6. The quantitative estimate of drug-likeness (QED) is 0.357. The van der Waals surface area contributed by atoms with E-state index in [1.807, 2.05) is 39.0 Å². The first-order valence-electron chi connectivity index (χ1n) is 12.5. The van der Waals surface area contributed by atoms with E-state index < -0.39 is 11.2 Å². The van der Waals surface area contributed by atoms with Gasteiger partial charge >= 0.3 is 0 Å². The molecular formula is C30H35N3O2. The van der Waals surface area contributed by atoms with E-state index in [0.717, 1.165) is 53.0 Å². The zero-order chi connectivity index (χ0) is 24.8. The van der Waals surface area contributed by atoms with Gasteiger partial charge in [0, 0.05) is 46.2 Å². The molecule has 0 spiro atoms. The maximum atomic E-state index is 10.6. The van der Waals surface area contributed by atoms with Crippen LogP contribution in [0.15, 0.2) is 72.2 Å². The van der Waals surface area contributed by atoms with Crippen LogP contribution in [0.25, 0.3) is 10.9 Å². The Balaban J connectivity index is 1.26. The van der Waals surface area contributed by atoms with E-state index in [4.69, 9.17) is 0 Å². The second-order valence-electron chi connectivity index (χ2n) is 10.7. The van der Waals surface area contributed by atoms with Crippen molar-refractivity contribution in [1.82, 2.24) is 9.97 Å². The molecule has 0 radical (unpaired) electrons. The van der Waals surface area contributed by atoms with Crippen LogP contribution in [0.2, 0.25) is 0 Å². The highest BCUT2D eigenvalue weighted by Crippen LogP contribution is 2.39. The van der Waals surface area contributed by atoms with Crippen molar-refractivity contribution in [3.63, 3.8) is 0 Å². The molecule has 5 heteroatoms. The fraction of sp³-hybridized carbons (Fsp3) is 0.367. The minimum absolute atomic E-state index is 0.310. The molecule has 5 rings (SSSR count). The summed E-state index contributed by atoms with van der Waals surface area (Å²) in [5, 5.41) is 25.8. The summed E-state index contributed by atoms with van der Waals surface area (Å²) in [5.41, 5.74) is 6.85. The third-order valence-electron chi connectivity index (χ3n) is 7.37. The summed E-state index contributed by atoms with van der Waals surface area (Å²) >= 11 is 0. The summed E-state index contributed by atoms with van der Waals surface area (Å²) in [6, 6.07) is 8.13. The number of allylic oxidation sites excluding steroid dienone is 5. The predicted octanol–water partition coefficient (Wildman–Crippen LogP) is 6.00. The standard InChI is InChI=1S/C30H35N3O2/c1-19-17-22(33-26-14-16-31-28-24(26)13-15-30(28,4)35)12-11-20(19)7-5-8-21-18-32-27-23(21)9-6-10-25(27)29(2,3)34/h6-7,9-12,14,16-19,32,34-35H,5,8,13,15H2,1-4H3,(H,31,33). The molecule has 0 amide bonds. The highest BCUT2D eigenvalue weighted by atomic mass is 16.3. The number of anilines is 1. The Hall–Kier alpha value is -3.15. The molecule has 0 fully saturated rings. The molecule has 1 aromatic carbocycles. The van der Waals surface area contributed by atoms with Gasteiger partial charge in [-0.05, 0) is 69.7 Å². The predicted molar refractivity (Wildman–Crippen MR) is 142 cm³/mol. The number of hydrogen-bond donors (Lipinski definition) is 4. The molecule has 2 atom stereocenters.